The van der Waals surface area contributed by atoms with Gasteiger partial charge in [0.1, 0.15) is 41.7 Å². The molecule has 2 N–H and O–H groups in total. The standard InChI is InChI=1S/C51H76O14/c1-12-27(2)46-30(5)18-19-50(65-46)25-37-22-36(64-50)17-16-29(4)45(28(3)14-13-15-35-26-58-48-44(53)31(6)20-39(49(54)61-37)51(35,48)55)62-43-24-41(57-11)47(34(9)60-43)63-42-23-40(56-10)38(21-32(7)52)33(8)59-42/h13-16,18-20,27-28,30,33-34,36-48,53,55H,12,17,21-26H2,1-11H3/b14-13+,29-16+,35-15+/t27-,28-,30-,33-,34-,36+,37-,38-,39-,40-,41-,42-,43-,44+,45-,46+,47-,48+,50?,51+/m0/s1. The lowest BCUT2D eigenvalue weighted by molar-refractivity contribution is -0.315. The molecule has 14 heteroatoms. The van der Waals surface area contributed by atoms with Crippen molar-refractivity contribution in [3.63, 3.8) is 0 Å². The van der Waals surface area contributed by atoms with Crippen LogP contribution in [0, 0.1) is 29.6 Å². The number of hydrogen-bond acceptors (Lipinski definition) is 14. The Hall–Kier alpha value is -2.60. The van der Waals surface area contributed by atoms with Gasteiger partial charge < -0.3 is 62.4 Å². The van der Waals surface area contributed by atoms with Gasteiger partial charge in [-0.25, -0.2) is 0 Å². The van der Waals surface area contributed by atoms with Crippen LogP contribution in [0.15, 0.2) is 59.3 Å². The van der Waals surface area contributed by atoms with Gasteiger partial charge in [-0.2, -0.15) is 0 Å². The van der Waals surface area contributed by atoms with Gasteiger partial charge in [0.25, 0.3) is 0 Å². The van der Waals surface area contributed by atoms with Gasteiger partial charge in [-0.05, 0) is 69.8 Å². The summed E-state index contributed by atoms with van der Waals surface area (Å²) in [5.74, 6) is -2.55. The average molecular weight is 913 g/mol. The van der Waals surface area contributed by atoms with Crippen LogP contribution in [-0.2, 0) is 57.0 Å². The van der Waals surface area contributed by atoms with E-state index < -0.39 is 72.5 Å². The zero-order valence-electron chi connectivity index (χ0n) is 40.4. The third kappa shape index (κ3) is 10.7. The summed E-state index contributed by atoms with van der Waals surface area (Å²) < 4.78 is 64.6. The second-order valence-corrected chi connectivity index (χ2v) is 20.0. The SMILES string of the molecule is CC[C@H](C)[C@H]1OC2(C=C[C@@H]1C)C[C@@H]1C[C@@H](C/C=C(\C)[C@@H](O[C@H]3C[C@H](OC)[C@@H](O[C@H]4C[C@H](OC)[C@@H](CC(C)=O)[C@H](C)O4)[C@H](C)O3)[C@@H](C)/C=C/C=C3\CO[C@@H]4[C@H](O)C(C)=C[C@@H](C(=O)O1)[C@]34O)O2. The Balaban J connectivity index is 1.16. The molecule has 14 nitrogen and oxygen atoms in total. The van der Waals surface area contributed by atoms with Crippen molar-refractivity contribution in [3.8, 4) is 0 Å². The van der Waals surface area contributed by atoms with Crippen molar-refractivity contribution in [2.45, 2.75) is 198 Å². The van der Waals surface area contributed by atoms with Crippen LogP contribution in [0.5, 0.6) is 0 Å². The van der Waals surface area contributed by atoms with Crippen LogP contribution in [0.2, 0.25) is 0 Å². The third-order valence-corrected chi connectivity index (χ3v) is 15.2. The maximum atomic E-state index is 14.4. The molecule has 364 valence electrons. The largest absolute Gasteiger partial charge is 0.462 e. The second-order valence-electron chi connectivity index (χ2n) is 20.0. The fourth-order valence-electron chi connectivity index (χ4n) is 11.3. The first-order valence-electron chi connectivity index (χ1n) is 24.1. The molecule has 4 fully saturated rings. The highest BCUT2D eigenvalue weighted by Gasteiger charge is 2.60. The number of methoxy groups -OCH3 is 2. The highest BCUT2D eigenvalue weighted by atomic mass is 16.7. The third-order valence-electron chi connectivity index (χ3n) is 15.2. The molecular formula is C51H76O14. The van der Waals surface area contributed by atoms with Crippen LogP contribution in [0.3, 0.4) is 0 Å². The predicted octanol–water partition coefficient (Wildman–Crippen LogP) is 6.61. The Morgan fingerprint density at radius 1 is 0.923 bits per heavy atom. The van der Waals surface area contributed by atoms with Gasteiger partial charge in [0.15, 0.2) is 18.4 Å². The molecule has 0 aromatic carbocycles. The van der Waals surface area contributed by atoms with E-state index in [-0.39, 0.29) is 66.6 Å². The lowest BCUT2D eigenvalue weighted by atomic mass is 9.71. The van der Waals surface area contributed by atoms with E-state index in [0.717, 1.165) is 12.0 Å². The number of Topliss-reactive ketones (excluding diaryl/α,β-unsaturated/α-hetero) is 1. The number of hydrogen-bond donors (Lipinski definition) is 2. The Labute approximate surface area is 386 Å². The van der Waals surface area contributed by atoms with Crippen LogP contribution >= 0.6 is 0 Å². The number of carbonyl (C=O) groups is 2. The molecule has 0 aromatic rings. The summed E-state index contributed by atoms with van der Waals surface area (Å²) in [6, 6.07) is 0. The summed E-state index contributed by atoms with van der Waals surface area (Å²) >= 11 is 0. The highest BCUT2D eigenvalue weighted by Crippen LogP contribution is 2.47. The van der Waals surface area contributed by atoms with Crippen molar-refractivity contribution in [1.82, 2.24) is 0 Å². The lowest BCUT2D eigenvalue weighted by Gasteiger charge is -2.48. The normalized spacial score (nSPS) is 47.4. The van der Waals surface area contributed by atoms with E-state index in [0.29, 0.717) is 49.7 Å². The van der Waals surface area contributed by atoms with Crippen molar-refractivity contribution in [2.24, 2.45) is 29.6 Å². The summed E-state index contributed by atoms with van der Waals surface area (Å²) in [5.41, 5.74) is 0.131. The number of fused-ring (bicyclic) bond motifs is 2. The quantitative estimate of drug-likeness (QED) is 0.178. The first kappa shape index (κ1) is 50.3. The van der Waals surface area contributed by atoms with Gasteiger partial charge in [0.05, 0.1) is 49.3 Å². The number of allylic oxidation sites excluding steroid dienone is 2. The number of rotatable bonds is 10. The van der Waals surface area contributed by atoms with Gasteiger partial charge in [0, 0.05) is 64.1 Å². The zero-order chi connectivity index (χ0) is 47.0. The molecule has 6 aliphatic heterocycles. The fraction of sp³-hybridized carbons (Fsp3) is 0.765. The molecule has 0 saturated carbocycles. The van der Waals surface area contributed by atoms with Crippen molar-refractivity contribution in [2.75, 3.05) is 20.8 Å². The minimum atomic E-state index is -1.84. The number of esters is 1. The number of carbonyl (C=O) groups excluding carboxylic acids is 2. The molecule has 0 amide bonds. The summed E-state index contributed by atoms with van der Waals surface area (Å²) in [4.78, 5) is 26.4. The Morgan fingerprint density at radius 2 is 1.63 bits per heavy atom. The van der Waals surface area contributed by atoms with E-state index in [1.165, 1.54) is 0 Å². The zero-order valence-corrected chi connectivity index (χ0v) is 40.4. The molecule has 6 heterocycles. The van der Waals surface area contributed by atoms with Crippen molar-refractivity contribution < 1.29 is 67.2 Å². The number of aliphatic hydroxyl groups is 2. The van der Waals surface area contributed by atoms with Crippen LogP contribution in [-0.4, -0.2) is 134 Å². The van der Waals surface area contributed by atoms with Gasteiger partial charge in [-0.3, -0.25) is 4.79 Å². The first-order chi connectivity index (χ1) is 30.9. The average Bonchev–Trinajstić information content (AvgIpc) is 3.61. The van der Waals surface area contributed by atoms with Gasteiger partial charge in [0.2, 0.25) is 0 Å². The van der Waals surface area contributed by atoms with Crippen LogP contribution < -0.4 is 0 Å². The summed E-state index contributed by atoms with van der Waals surface area (Å²) in [6.45, 7) is 17.9. The van der Waals surface area contributed by atoms with E-state index >= 15 is 0 Å². The highest BCUT2D eigenvalue weighted by molar-refractivity contribution is 5.78. The molecule has 65 heavy (non-hydrogen) atoms. The molecule has 7 rings (SSSR count). The Bertz CT molecular complexity index is 1840. The summed E-state index contributed by atoms with van der Waals surface area (Å²) in [7, 11) is 3.32. The van der Waals surface area contributed by atoms with E-state index in [1.54, 1.807) is 40.2 Å². The lowest BCUT2D eigenvalue weighted by Crippen LogP contribution is -2.58. The molecule has 1 spiro atoms. The van der Waals surface area contributed by atoms with Crippen molar-refractivity contribution in [3.05, 3.63) is 59.3 Å². The molecular weight excluding hydrogens is 837 g/mol. The molecule has 1 aliphatic carbocycles. The fourth-order valence-corrected chi connectivity index (χ4v) is 11.3. The summed E-state index contributed by atoms with van der Waals surface area (Å²) in [6.07, 6.45) is 10.3. The molecule has 7 aliphatic rings. The van der Waals surface area contributed by atoms with Crippen molar-refractivity contribution >= 4 is 11.8 Å². The molecule has 1 unspecified atom stereocenters. The van der Waals surface area contributed by atoms with Crippen molar-refractivity contribution in [1.29, 1.82) is 0 Å². The van der Waals surface area contributed by atoms with E-state index in [2.05, 4.69) is 39.8 Å². The molecule has 4 saturated heterocycles. The smallest absolute Gasteiger partial charge is 0.316 e. The first-order valence-corrected chi connectivity index (χ1v) is 24.1. The van der Waals surface area contributed by atoms with E-state index in [1.807, 2.05) is 39.0 Å². The number of ketones is 1. The summed E-state index contributed by atoms with van der Waals surface area (Å²) in [5, 5.41) is 23.8. The Kier molecular flexibility index (Phi) is 16.2. The molecule has 20 atom stereocenters. The minimum Gasteiger partial charge on any atom is -0.462 e. The van der Waals surface area contributed by atoms with Gasteiger partial charge in [-0.1, -0.05) is 70.6 Å². The molecule has 2 bridgehead atoms. The molecule has 0 aromatic heterocycles. The van der Waals surface area contributed by atoms with E-state index in [4.69, 9.17) is 47.4 Å². The van der Waals surface area contributed by atoms with Crippen LogP contribution in [0.25, 0.3) is 0 Å². The van der Waals surface area contributed by atoms with Gasteiger partial charge >= 0.3 is 5.97 Å². The monoisotopic (exact) mass is 913 g/mol. The topological polar surface area (TPSA) is 167 Å². The Morgan fingerprint density at radius 3 is 2.34 bits per heavy atom. The minimum absolute atomic E-state index is 0.0301. The maximum absolute atomic E-state index is 14.4. The molecule has 0 radical (unpaired) electrons. The van der Waals surface area contributed by atoms with E-state index in [9.17, 15) is 19.8 Å². The van der Waals surface area contributed by atoms with Crippen LogP contribution in [0.4, 0.5) is 0 Å². The van der Waals surface area contributed by atoms with Gasteiger partial charge in [-0.15, -0.1) is 0 Å². The van der Waals surface area contributed by atoms with Crippen LogP contribution in [0.1, 0.15) is 107 Å². The number of ether oxygens (including phenoxy) is 10. The second kappa shape index (κ2) is 21.0. The maximum Gasteiger partial charge on any atom is 0.316 e. The number of aliphatic hydroxyl groups excluding tert-OH is 1. The predicted molar refractivity (Wildman–Crippen MR) is 240 cm³/mol.